The highest BCUT2D eigenvalue weighted by molar-refractivity contribution is 8.78. The number of rotatable bonds is 1. The molecule has 0 saturated carbocycles. The van der Waals surface area contributed by atoms with Gasteiger partial charge in [0.1, 0.15) is 0 Å². The number of hydrogen-bond donors (Lipinski definition) is 1. The van der Waals surface area contributed by atoms with Crippen LogP contribution in [0.25, 0.3) is 0 Å². The lowest BCUT2D eigenvalue weighted by atomic mass is 10.2. The van der Waals surface area contributed by atoms with Crippen LogP contribution in [-0.2, 0) is 4.79 Å². The van der Waals surface area contributed by atoms with Crippen LogP contribution in [0.15, 0.2) is 11.5 Å². The molecule has 2 aliphatic rings. The molecule has 0 aromatic carbocycles. The minimum Gasteiger partial charge on any atom is -0.481 e. The summed E-state index contributed by atoms with van der Waals surface area (Å²) in [7, 11) is 6.98. The van der Waals surface area contributed by atoms with E-state index in [1.54, 1.807) is 21.6 Å². The van der Waals surface area contributed by atoms with E-state index in [9.17, 15) is 4.79 Å². The molecule has 0 aromatic heterocycles. The fourth-order valence-corrected chi connectivity index (χ4v) is 4.97. The summed E-state index contributed by atoms with van der Waals surface area (Å²) in [6.07, 6.45) is 2.16. The van der Waals surface area contributed by atoms with Crippen molar-refractivity contribution in [1.82, 2.24) is 0 Å². The Bertz CT molecular complexity index is 183. The van der Waals surface area contributed by atoms with Gasteiger partial charge in [-0.3, -0.25) is 4.79 Å². The van der Waals surface area contributed by atoms with Crippen LogP contribution in [0.3, 0.4) is 0 Å². The molecule has 0 radical (unpaired) electrons. The maximum Gasteiger partial charge on any atom is 0.308 e. The first-order chi connectivity index (χ1) is 6.30. The third-order valence-corrected chi connectivity index (χ3v) is 5.83. The van der Waals surface area contributed by atoms with Gasteiger partial charge in [0.15, 0.2) is 0 Å². The summed E-state index contributed by atoms with van der Waals surface area (Å²) >= 11 is 0. The normalized spacial score (nSPS) is 21.2. The maximum atomic E-state index is 10.2. The van der Waals surface area contributed by atoms with Crippen LogP contribution in [-0.4, -0.2) is 28.3 Å². The minimum absolute atomic E-state index is 0.0926. The Morgan fingerprint density at radius 3 is 2.23 bits per heavy atom. The number of carboxylic acids is 1. The predicted octanol–water partition coefficient (Wildman–Crippen LogP) is 2.98. The van der Waals surface area contributed by atoms with Gasteiger partial charge in [-0.1, -0.05) is 49.3 Å². The second-order valence-corrected chi connectivity index (χ2v) is 7.23. The van der Waals surface area contributed by atoms with Gasteiger partial charge in [0.05, 0.1) is 5.92 Å². The summed E-state index contributed by atoms with van der Waals surface area (Å²) in [5.74, 6) is 2.01. The van der Waals surface area contributed by atoms with Crippen LogP contribution < -0.4 is 0 Å². The summed E-state index contributed by atoms with van der Waals surface area (Å²) in [4.78, 5) is 10.2. The van der Waals surface area contributed by atoms with E-state index in [1.807, 2.05) is 21.6 Å². The van der Waals surface area contributed by atoms with Gasteiger partial charge in [-0.05, 0) is 5.41 Å². The molecule has 2 rings (SSSR count). The zero-order valence-electron chi connectivity index (χ0n) is 6.84. The predicted molar refractivity (Wildman–Crippen MR) is 65.2 cm³/mol. The summed E-state index contributed by atoms with van der Waals surface area (Å²) in [5.41, 5.74) is 0. The molecule has 0 atom stereocenters. The van der Waals surface area contributed by atoms with Crippen molar-refractivity contribution in [1.29, 1.82) is 0 Å². The van der Waals surface area contributed by atoms with E-state index >= 15 is 0 Å². The molecule has 2 aliphatic heterocycles. The highest BCUT2D eigenvalue weighted by atomic mass is 33.1. The Morgan fingerprint density at radius 1 is 1.31 bits per heavy atom. The molecule has 0 aliphatic carbocycles. The lowest BCUT2D eigenvalue weighted by Crippen LogP contribution is -2.14. The first-order valence-corrected chi connectivity index (χ1v) is 8.58. The van der Waals surface area contributed by atoms with E-state index < -0.39 is 5.97 Å². The summed E-state index contributed by atoms with van der Waals surface area (Å²) in [6.45, 7) is 0. The van der Waals surface area contributed by atoms with Crippen LogP contribution in [0, 0.1) is 5.92 Å². The monoisotopic (exact) mass is 254 g/mol. The Kier molecular flexibility index (Phi) is 6.27. The second-order valence-electron chi connectivity index (χ2n) is 2.36. The van der Waals surface area contributed by atoms with E-state index in [0.29, 0.717) is 0 Å². The first kappa shape index (κ1) is 11.7. The average molecular weight is 254 g/mol. The fraction of sp³-hybridized carbons (Fsp3) is 0.571. The van der Waals surface area contributed by atoms with Crippen LogP contribution in [0.4, 0.5) is 0 Å². The van der Waals surface area contributed by atoms with Crippen LogP contribution in [0.5, 0.6) is 0 Å². The zero-order chi connectivity index (χ0) is 9.52. The summed E-state index contributed by atoms with van der Waals surface area (Å²) in [5, 5.41) is 10.5. The van der Waals surface area contributed by atoms with Crippen LogP contribution in [0.1, 0.15) is 0 Å². The molecule has 2 nitrogen and oxygen atoms in total. The van der Waals surface area contributed by atoms with E-state index in [0.717, 1.165) is 11.5 Å². The molecular weight excluding hydrogens is 244 g/mol. The molecule has 0 aromatic rings. The van der Waals surface area contributed by atoms with Crippen molar-refractivity contribution in [3.8, 4) is 0 Å². The summed E-state index contributed by atoms with van der Waals surface area (Å²) < 4.78 is 0. The van der Waals surface area contributed by atoms with E-state index in [2.05, 4.69) is 11.5 Å². The van der Waals surface area contributed by atoms with Gasteiger partial charge in [0.25, 0.3) is 0 Å². The van der Waals surface area contributed by atoms with Gasteiger partial charge in [-0.15, -0.1) is 0 Å². The van der Waals surface area contributed by atoms with Crippen molar-refractivity contribution >= 4 is 49.1 Å². The van der Waals surface area contributed by atoms with Crippen LogP contribution in [0.2, 0.25) is 0 Å². The Hall–Kier alpha value is 0.610. The number of carboxylic acid groups (broad SMARTS) is 1. The van der Waals surface area contributed by atoms with Crippen molar-refractivity contribution < 1.29 is 9.90 Å². The zero-order valence-corrected chi connectivity index (χ0v) is 10.1. The van der Waals surface area contributed by atoms with Crippen molar-refractivity contribution in [3.63, 3.8) is 0 Å². The maximum absolute atomic E-state index is 10.2. The minimum atomic E-state index is -0.650. The molecule has 0 amide bonds. The molecule has 0 bridgehead atoms. The van der Waals surface area contributed by atoms with Gasteiger partial charge in [0.2, 0.25) is 0 Å². The smallest absolute Gasteiger partial charge is 0.308 e. The molecule has 0 unspecified atom stereocenters. The Balaban J connectivity index is 0.000000145. The molecule has 2 heterocycles. The van der Waals surface area contributed by atoms with E-state index in [-0.39, 0.29) is 5.92 Å². The standard InChI is InChI=1S/C4H6O2S2.C3H4S2/c5-4(6)3-1-7-8-2-3;1-2-4-5-3-1/h3H,1-2H2,(H,5,6);1-2H,3H2. The fourth-order valence-electron chi connectivity index (χ4n) is 0.648. The van der Waals surface area contributed by atoms with Gasteiger partial charge >= 0.3 is 5.97 Å². The largest absolute Gasteiger partial charge is 0.481 e. The van der Waals surface area contributed by atoms with Crippen molar-refractivity contribution in [3.05, 3.63) is 11.5 Å². The number of aliphatic carboxylic acids is 1. The van der Waals surface area contributed by atoms with Crippen molar-refractivity contribution in [2.24, 2.45) is 5.92 Å². The molecule has 6 heteroatoms. The molecule has 1 fully saturated rings. The third kappa shape index (κ3) is 5.15. The third-order valence-electron chi connectivity index (χ3n) is 1.36. The SMILES string of the molecule is C1=CSSC1.O=C(O)C1CSSC1. The van der Waals surface area contributed by atoms with Crippen molar-refractivity contribution in [2.75, 3.05) is 17.3 Å². The van der Waals surface area contributed by atoms with E-state index in [1.165, 1.54) is 5.75 Å². The number of hydrogen-bond acceptors (Lipinski definition) is 5. The second kappa shape index (κ2) is 6.98. The highest BCUT2D eigenvalue weighted by Gasteiger charge is 2.22. The van der Waals surface area contributed by atoms with E-state index in [4.69, 9.17) is 5.11 Å². The highest BCUT2D eigenvalue weighted by Crippen LogP contribution is 2.34. The molecular formula is C7H10O2S4. The number of carbonyl (C=O) groups is 1. The molecule has 13 heavy (non-hydrogen) atoms. The molecule has 0 spiro atoms. The summed E-state index contributed by atoms with van der Waals surface area (Å²) in [6, 6.07) is 0. The van der Waals surface area contributed by atoms with Gasteiger partial charge < -0.3 is 5.11 Å². The quantitative estimate of drug-likeness (QED) is 0.725. The van der Waals surface area contributed by atoms with Gasteiger partial charge in [0, 0.05) is 17.3 Å². The topological polar surface area (TPSA) is 37.3 Å². The Labute approximate surface area is 93.5 Å². The lowest BCUT2D eigenvalue weighted by Gasteiger charge is -1.95. The average Bonchev–Trinajstić information content (AvgIpc) is 2.82. The molecule has 1 saturated heterocycles. The first-order valence-electron chi connectivity index (χ1n) is 3.71. The Morgan fingerprint density at radius 2 is 2.00 bits per heavy atom. The molecule has 1 N–H and O–H groups in total. The van der Waals surface area contributed by atoms with Gasteiger partial charge in [-0.25, -0.2) is 0 Å². The lowest BCUT2D eigenvalue weighted by molar-refractivity contribution is -0.140. The van der Waals surface area contributed by atoms with Gasteiger partial charge in [-0.2, -0.15) is 0 Å². The van der Waals surface area contributed by atoms with Crippen LogP contribution >= 0.6 is 43.2 Å². The van der Waals surface area contributed by atoms with Crippen molar-refractivity contribution in [2.45, 2.75) is 0 Å². The molecule has 74 valence electrons.